The van der Waals surface area contributed by atoms with Crippen molar-refractivity contribution >= 4 is 44.9 Å². The lowest BCUT2D eigenvalue weighted by Crippen LogP contribution is -2.23. The Hall–Kier alpha value is -1.63. The van der Waals surface area contributed by atoms with Crippen LogP contribution in [0.1, 0.15) is 35.3 Å². The summed E-state index contributed by atoms with van der Waals surface area (Å²) in [5, 5.41) is 2.04. The van der Waals surface area contributed by atoms with Gasteiger partial charge in [-0.25, -0.2) is 9.97 Å². The predicted octanol–water partition coefficient (Wildman–Crippen LogP) is 5.25. The summed E-state index contributed by atoms with van der Waals surface area (Å²) in [5.74, 6) is 0.685. The molecule has 4 rings (SSSR count). The fourth-order valence-electron chi connectivity index (χ4n) is 3.44. The van der Waals surface area contributed by atoms with Gasteiger partial charge in [-0.05, 0) is 42.9 Å². The quantitative estimate of drug-likeness (QED) is 0.187. The molecule has 1 aliphatic carbocycles. The average molecular weight is 418 g/mol. The number of hydrogen-bond donors (Lipinski definition) is 0. The number of hydrogen-bond acceptors (Lipinski definition) is 5. The van der Waals surface area contributed by atoms with E-state index < -0.39 is 0 Å². The molecule has 0 N–H and O–H groups in total. The number of halogens is 1. The normalized spacial score (nSPS) is 14.1. The number of fused-ring (bicyclic) bond motifs is 3. The summed E-state index contributed by atoms with van der Waals surface area (Å²) in [6, 6.07) is 3.73. The Morgan fingerprint density at radius 2 is 2.15 bits per heavy atom. The molecule has 0 radical (unpaired) electrons. The first-order valence-corrected chi connectivity index (χ1v) is 11.2. The lowest BCUT2D eigenvalue weighted by molar-refractivity contribution is 0.671. The van der Waals surface area contributed by atoms with E-state index in [-0.39, 0.29) is 5.56 Å². The van der Waals surface area contributed by atoms with Gasteiger partial charge >= 0.3 is 0 Å². The maximum Gasteiger partial charge on any atom is 0.263 e. The molecule has 3 aromatic heterocycles. The molecule has 0 amide bonds. The highest BCUT2D eigenvalue weighted by Crippen LogP contribution is 2.34. The smallest absolute Gasteiger partial charge is 0.263 e. The molecule has 0 unspecified atom stereocenters. The topological polar surface area (TPSA) is 47.8 Å². The van der Waals surface area contributed by atoms with Crippen molar-refractivity contribution in [1.29, 1.82) is 0 Å². The first kappa shape index (κ1) is 18.7. The van der Waals surface area contributed by atoms with Gasteiger partial charge in [0.25, 0.3) is 5.56 Å². The molecule has 4 nitrogen and oxygen atoms in total. The van der Waals surface area contributed by atoms with Gasteiger partial charge in [0.2, 0.25) is 0 Å². The third-order valence-corrected chi connectivity index (χ3v) is 7.21. The first-order valence-electron chi connectivity index (χ1n) is 9.06. The van der Waals surface area contributed by atoms with Crippen LogP contribution < -0.4 is 5.56 Å². The molecule has 0 aromatic carbocycles. The van der Waals surface area contributed by atoms with E-state index in [4.69, 9.17) is 16.6 Å². The van der Waals surface area contributed by atoms with Crippen LogP contribution in [0.4, 0.5) is 0 Å². The molecule has 0 aliphatic heterocycles. The van der Waals surface area contributed by atoms with Gasteiger partial charge in [-0.2, -0.15) is 0 Å². The van der Waals surface area contributed by atoms with Crippen LogP contribution in [0, 0.1) is 0 Å². The van der Waals surface area contributed by atoms with Gasteiger partial charge in [-0.15, -0.1) is 17.9 Å². The van der Waals surface area contributed by atoms with Crippen molar-refractivity contribution in [3.05, 3.63) is 62.5 Å². The zero-order chi connectivity index (χ0) is 18.8. The van der Waals surface area contributed by atoms with Crippen molar-refractivity contribution in [3.63, 3.8) is 0 Å². The highest BCUT2D eigenvalue weighted by atomic mass is 35.5. The second kappa shape index (κ2) is 8.17. The molecule has 7 heteroatoms. The standard InChI is InChI=1S/C20H20ClN3OS2/c1-2-10-24-19(25)17-14-6-4-3-5-7-15(14)27-18(17)23-20(24)26-12-13-8-9-16(21)22-11-13/h2,8-9,11H,1,3-7,10,12H2. The monoisotopic (exact) mass is 417 g/mol. The molecule has 0 saturated heterocycles. The number of nitrogens with zero attached hydrogens (tertiary/aromatic N) is 3. The molecule has 0 fully saturated rings. The molecule has 0 bridgehead atoms. The number of aromatic nitrogens is 3. The summed E-state index contributed by atoms with van der Waals surface area (Å²) in [7, 11) is 0. The van der Waals surface area contributed by atoms with Crippen LogP contribution >= 0.6 is 34.7 Å². The number of pyridine rings is 1. The highest BCUT2D eigenvalue weighted by molar-refractivity contribution is 7.98. The van der Waals surface area contributed by atoms with Crippen LogP contribution in [0.3, 0.4) is 0 Å². The summed E-state index contributed by atoms with van der Waals surface area (Å²) in [5.41, 5.74) is 2.35. The number of aryl methyl sites for hydroxylation is 2. The van der Waals surface area contributed by atoms with Gasteiger partial charge in [-0.3, -0.25) is 9.36 Å². The van der Waals surface area contributed by atoms with E-state index in [1.54, 1.807) is 46.0 Å². The van der Waals surface area contributed by atoms with Gasteiger partial charge in [0, 0.05) is 23.4 Å². The Balaban J connectivity index is 1.75. The second-order valence-corrected chi connectivity index (χ2v) is 9.03. The van der Waals surface area contributed by atoms with E-state index in [2.05, 4.69) is 11.6 Å². The van der Waals surface area contributed by atoms with Crippen LogP contribution in [0.5, 0.6) is 0 Å². The van der Waals surface area contributed by atoms with Crippen molar-refractivity contribution in [1.82, 2.24) is 14.5 Å². The van der Waals surface area contributed by atoms with Gasteiger partial charge < -0.3 is 0 Å². The maximum atomic E-state index is 13.3. The van der Waals surface area contributed by atoms with E-state index in [0.29, 0.717) is 17.5 Å². The van der Waals surface area contributed by atoms with E-state index in [1.165, 1.54) is 23.3 Å². The number of thiophene rings is 1. The molecule has 0 saturated carbocycles. The third-order valence-electron chi connectivity index (χ3n) is 4.76. The van der Waals surface area contributed by atoms with Crippen LogP contribution in [-0.2, 0) is 25.1 Å². The lowest BCUT2D eigenvalue weighted by atomic mass is 10.1. The fourth-order valence-corrected chi connectivity index (χ4v) is 5.79. The Morgan fingerprint density at radius 1 is 1.30 bits per heavy atom. The SMILES string of the molecule is C=CCn1c(SCc2ccc(Cl)nc2)nc2sc3c(c2c1=O)CCCCC3. The molecule has 3 aromatic rings. The largest absolute Gasteiger partial charge is 0.283 e. The minimum absolute atomic E-state index is 0.0658. The number of rotatable bonds is 5. The Morgan fingerprint density at radius 3 is 2.93 bits per heavy atom. The van der Waals surface area contributed by atoms with Crippen molar-refractivity contribution in [3.8, 4) is 0 Å². The Bertz CT molecular complexity index is 1040. The van der Waals surface area contributed by atoms with Gasteiger partial charge in [-0.1, -0.05) is 41.9 Å². The van der Waals surface area contributed by atoms with Crippen LogP contribution in [0.25, 0.3) is 10.2 Å². The summed E-state index contributed by atoms with van der Waals surface area (Å²) >= 11 is 9.11. The van der Waals surface area contributed by atoms with Crippen molar-refractivity contribution in [2.24, 2.45) is 0 Å². The van der Waals surface area contributed by atoms with Gasteiger partial charge in [0.05, 0.1) is 5.39 Å². The highest BCUT2D eigenvalue weighted by Gasteiger charge is 2.21. The van der Waals surface area contributed by atoms with Crippen molar-refractivity contribution in [2.45, 2.75) is 49.6 Å². The number of thioether (sulfide) groups is 1. The van der Waals surface area contributed by atoms with E-state index >= 15 is 0 Å². The molecular formula is C20H20ClN3OS2. The van der Waals surface area contributed by atoms with Crippen LogP contribution in [-0.4, -0.2) is 14.5 Å². The molecule has 1 aliphatic rings. The van der Waals surface area contributed by atoms with Crippen LogP contribution in [0.2, 0.25) is 5.15 Å². The molecule has 27 heavy (non-hydrogen) atoms. The minimum atomic E-state index is 0.0658. The molecule has 0 atom stereocenters. The first-order chi connectivity index (χ1) is 13.2. The van der Waals surface area contributed by atoms with E-state index in [1.807, 2.05) is 6.07 Å². The van der Waals surface area contributed by atoms with Crippen LogP contribution in [0.15, 0.2) is 40.9 Å². The second-order valence-electron chi connectivity index (χ2n) is 6.62. The summed E-state index contributed by atoms with van der Waals surface area (Å²) in [4.78, 5) is 24.5. The Labute approximate surface area is 171 Å². The summed E-state index contributed by atoms with van der Waals surface area (Å²) in [6.45, 7) is 4.28. The maximum absolute atomic E-state index is 13.3. The third kappa shape index (κ3) is 3.84. The zero-order valence-electron chi connectivity index (χ0n) is 14.9. The van der Waals surface area contributed by atoms with Gasteiger partial charge in [0.1, 0.15) is 9.98 Å². The van der Waals surface area contributed by atoms with Crippen molar-refractivity contribution in [2.75, 3.05) is 0 Å². The summed E-state index contributed by atoms with van der Waals surface area (Å²) < 4.78 is 1.75. The Kier molecular flexibility index (Phi) is 5.66. The lowest BCUT2D eigenvalue weighted by Gasteiger charge is -2.10. The van der Waals surface area contributed by atoms with E-state index in [0.717, 1.165) is 40.2 Å². The predicted molar refractivity (Wildman–Crippen MR) is 114 cm³/mol. The van der Waals surface area contributed by atoms with Gasteiger partial charge in [0.15, 0.2) is 5.16 Å². The summed E-state index contributed by atoms with van der Waals surface area (Å²) in [6.07, 6.45) is 9.16. The molecule has 0 spiro atoms. The zero-order valence-corrected chi connectivity index (χ0v) is 17.3. The fraction of sp³-hybridized carbons (Fsp3) is 0.350. The average Bonchev–Trinajstić information content (AvgIpc) is 2.85. The molecular weight excluding hydrogens is 398 g/mol. The number of allylic oxidation sites excluding steroid dienone is 1. The molecule has 140 valence electrons. The minimum Gasteiger partial charge on any atom is -0.283 e. The molecule has 3 heterocycles. The van der Waals surface area contributed by atoms with Crippen molar-refractivity contribution < 1.29 is 0 Å². The van der Waals surface area contributed by atoms with E-state index in [9.17, 15) is 4.79 Å².